The van der Waals surface area contributed by atoms with Gasteiger partial charge in [-0.05, 0) is 18.1 Å². The third-order valence-corrected chi connectivity index (χ3v) is 3.01. The molecule has 0 spiro atoms. The van der Waals surface area contributed by atoms with E-state index in [2.05, 4.69) is 60.6 Å². The molecule has 0 aliphatic carbocycles. The number of para-hydroxylation sites is 1. The minimum absolute atomic E-state index is 1.24. The van der Waals surface area contributed by atoms with Crippen LogP contribution in [-0.4, -0.2) is 4.98 Å². The average molecular weight is 207 g/mol. The quantitative estimate of drug-likeness (QED) is 0.617. The molecule has 0 aliphatic heterocycles. The number of benzene rings is 2. The van der Waals surface area contributed by atoms with Gasteiger partial charge in [0.05, 0.1) is 0 Å². The molecule has 2 aromatic carbocycles. The second-order valence-electron chi connectivity index (χ2n) is 4.07. The van der Waals surface area contributed by atoms with Crippen LogP contribution in [0.2, 0.25) is 0 Å². The second-order valence-corrected chi connectivity index (χ2v) is 4.07. The van der Waals surface area contributed by atoms with Crippen molar-refractivity contribution < 1.29 is 0 Å². The highest BCUT2D eigenvalue weighted by Crippen LogP contribution is 2.29. The fourth-order valence-electron chi connectivity index (χ4n) is 2.16. The van der Waals surface area contributed by atoms with Crippen molar-refractivity contribution in [1.82, 2.24) is 4.98 Å². The van der Waals surface area contributed by atoms with Crippen LogP contribution in [0.3, 0.4) is 0 Å². The van der Waals surface area contributed by atoms with Gasteiger partial charge in [-0.15, -0.1) is 0 Å². The Kier molecular flexibility index (Phi) is 2.03. The lowest BCUT2D eigenvalue weighted by Crippen LogP contribution is -1.76. The van der Waals surface area contributed by atoms with Gasteiger partial charge in [-0.25, -0.2) is 0 Å². The largest absolute Gasteiger partial charge is 0.360 e. The van der Waals surface area contributed by atoms with E-state index in [1.54, 1.807) is 0 Å². The van der Waals surface area contributed by atoms with Gasteiger partial charge in [0.1, 0.15) is 0 Å². The Hall–Kier alpha value is -2.02. The first-order valence-electron chi connectivity index (χ1n) is 5.48. The third kappa shape index (κ3) is 1.33. The van der Waals surface area contributed by atoms with E-state index in [1.807, 2.05) is 6.07 Å². The maximum atomic E-state index is 3.35. The Morgan fingerprint density at radius 1 is 0.875 bits per heavy atom. The van der Waals surface area contributed by atoms with Crippen LogP contribution < -0.4 is 0 Å². The minimum Gasteiger partial charge on any atom is -0.360 e. The van der Waals surface area contributed by atoms with E-state index in [1.165, 1.54) is 27.6 Å². The zero-order valence-electron chi connectivity index (χ0n) is 9.20. The Labute approximate surface area is 94.7 Å². The molecule has 0 saturated carbocycles. The summed E-state index contributed by atoms with van der Waals surface area (Å²) in [5.41, 5.74) is 5.07. The lowest BCUT2D eigenvalue weighted by Gasteiger charge is -1.99. The van der Waals surface area contributed by atoms with E-state index in [-0.39, 0.29) is 0 Å². The molecule has 0 bridgehead atoms. The van der Waals surface area contributed by atoms with Gasteiger partial charge in [0.2, 0.25) is 0 Å². The first-order valence-corrected chi connectivity index (χ1v) is 5.48. The average Bonchev–Trinajstić information content (AvgIpc) is 2.75. The molecule has 3 rings (SSSR count). The molecule has 0 atom stereocenters. The molecule has 1 N–H and O–H groups in total. The van der Waals surface area contributed by atoms with Gasteiger partial charge in [0, 0.05) is 22.7 Å². The number of aryl methyl sites for hydroxylation is 1. The molecule has 0 aliphatic rings. The van der Waals surface area contributed by atoms with Gasteiger partial charge in [-0.1, -0.05) is 48.5 Å². The van der Waals surface area contributed by atoms with Gasteiger partial charge >= 0.3 is 0 Å². The molecule has 3 aromatic rings. The normalized spacial score (nSPS) is 10.8. The number of H-pyrrole nitrogens is 1. The van der Waals surface area contributed by atoms with Crippen LogP contribution in [0.15, 0.2) is 54.7 Å². The van der Waals surface area contributed by atoms with E-state index >= 15 is 0 Å². The van der Waals surface area contributed by atoms with Crippen molar-refractivity contribution in [1.29, 1.82) is 0 Å². The Morgan fingerprint density at radius 3 is 2.50 bits per heavy atom. The number of aromatic nitrogens is 1. The zero-order chi connectivity index (χ0) is 11.0. The molecule has 1 heteroatoms. The fraction of sp³-hybridized carbons (Fsp3) is 0.0667. The second kappa shape index (κ2) is 3.53. The lowest BCUT2D eigenvalue weighted by atomic mass is 10.0. The smallest absolute Gasteiger partial charge is 0.0490 e. The van der Waals surface area contributed by atoms with Gasteiger partial charge in [-0.3, -0.25) is 0 Å². The van der Waals surface area contributed by atoms with E-state index in [9.17, 15) is 0 Å². The Balaban J connectivity index is 2.30. The number of hydrogen-bond donors (Lipinski definition) is 1. The molecule has 0 unspecified atom stereocenters. The van der Waals surface area contributed by atoms with Crippen molar-refractivity contribution in [3.8, 4) is 11.1 Å². The fourth-order valence-corrected chi connectivity index (χ4v) is 2.16. The van der Waals surface area contributed by atoms with Gasteiger partial charge in [-0.2, -0.15) is 0 Å². The van der Waals surface area contributed by atoms with Crippen molar-refractivity contribution in [2.24, 2.45) is 0 Å². The summed E-state index contributed by atoms with van der Waals surface area (Å²) in [6.45, 7) is 2.13. The van der Waals surface area contributed by atoms with E-state index in [0.717, 1.165) is 0 Å². The number of fused-ring (bicyclic) bond motifs is 1. The minimum atomic E-state index is 1.24. The van der Waals surface area contributed by atoms with Crippen LogP contribution >= 0.6 is 0 Å². The van der Waals surface area contributed by atoms with Gasteiger partial charge in [0.25, 0.3) is 0 Å². The standard InChI is InChI=1S/C15H13N/c1-11-6-5-9-13-14(10-16-15(11)13)12-7-3-2-4-8-12/h2-10,16H,1H3. The molecule has 1 nitrogen and oxygen atoms in total. The first-order chi connectivity index (χ1) is 7.86. The van der Waals surface area contributed by atoms with Crippen LogP contribution in [0.1, 0.15) is 5.56 Å². The molecule has 0 fully saturated rings. The van der Waals surface area contributed by atoms with Crippen LogP contribution in [0, 0.1) is 6.92 Å². The summed E-state index contributed by atoms with van der Waals surface area (Å²) in [5.74, 6) is 0. The highest BCUT2D eigenvalue weighted by molar-refractivity contribution is 5.96. The molecule has 78 valence electrons. The molecular formula is C15H13N. The summed E-state index contributed by atoms with van der Waals surface area (Å²) >= 11 is 0. The van der Waals surface area contributed by atoms with Crippen molar-refractivity contribution in [2.45, 2.75) is 6.92 Å². The predicted molar refractivity (Wildman–Crippen MR) is 68.5 cm³/mol. The van der Waals surface area contributed by atoms with E-state index in [4.69, 9.17) is 0 Å². The van der Waals surface area contributed by atoms with Crippen molar-refractivity contribution in [3.05, 3.63) is 60.3 Å². The van der Waals surface area contributed by atoms with Crippen LogP contribution in [0.4, 0.5) is 0 Å². The van der Waals surface area contributed by atoms with Crippen molar-refractivity contribution in [3.63, 3.8) is 0 Å². The number of nitrogens with one attached hydrogen (secondary N) is 1. The first kappa shape index (κ1) is 9.22. The molecule has 0 saturated heterocycles. The summed E-state index contributed by atoms with van der Waals surface area (Å²) in [4.78, 5) is 3.35. The summed E-state index contributed by atoms with van der Waals surface area (Å²) in [6, 6.07) is 16.9. The molecule has 1 heterocycles. The molecule has 1 aromatic heterocycles. The summed E-state index contributed by atoms with van der Waals surface area (Å²) in [5, 5.41) is 1.30. The highest BCUT2D eigenvalue weighted by atomic mass is 14.7. The molecule has 16 heavy (non-hydrogen) atoms. The van der Waals surface area contributed by atoms with Crippen molar-refractivity contribution in [2.75, 3.05) is 0 Å². The van der Waals surface area contributed by atoms with Crippen LogP contribution in [0.5, 0.6) is 0 Å². The maximum Gasteiger partial charge on any atom is 0.0490 e. The summed E-state index contributed by atoms with van der Waals surface area (Å²) in [6.07, 6.45) is 2.09. The van der Waals surface area contributed by atoms with E-state index < -0.39 is 0 Å². The topological polar surface area (TPSA) is 15.8 Å². The highest BCUT2D eigenvalue weighted by Gasteiger charge is 2.06. The molecule has 0 radical (unpaired) electrons. The third-order valence-electron chi connectivity index (χ3n) is 3.01. The van der Waals surface area contributed by atoms with Crippen molar-refractivity contribution >= 4 is 10.9 Å². The predicted octanol–water partition coefficient (Wildman–Crippen LogP) is 4.14. The van der Waals surface area contributed by atoms with Crippen LogP contribution in [-0.2, 0) is 0 Å². The SMILES string of the molecule is Cc1cccc2c(-c3ccccc3)c[nH]c12. The zero-order valence-corrected chi connectivity index (χ0v) is 9.20. The summed E-state index contributed by atoms with van der Waals surface area (Å²) in [7, 11) is 0. The lowest BCUT2D eigenvalue weighted by molar-refractivity contribution is 1.42. The van der Waals surface area contributed by atoms with E-state index in [0.29, 0.717) is 0 Å². The maximum absolute atomic E-state index is 3.35. The molecular weight excluding hydrogens is 194 g/mol. The Bertz CT molecular complexity index is 620. The number of rotatable bonds is 1. The monoisotopic (exact) mass is 207 g/mol. The van der Waals surface area contributed by atoms with Gasteiger partial charge < -0.3 is 4.98 Å². The molecule has 0 amide bonds. The van der Waals surface area contributed by atoms with Crippen LogP contribution in [0.25, 0.3) is 22.0 Å². The number of hydrogen-bond acceptors (Lipinski definition) is 0. The number of aromatic amines is 1. The summed E-state index contributed by atoms with van der Waals surface area (Å²) < 4.78 is 0. The Morgan fingerprint density at radius 2 is 1.69 bits per heavy atom. The van der Waals surface area contributed by atoms with Gasteiger partial charge in [0.15, 0.2) is 0 Å².